The molecule has 0 spiro atoms. The fourth-order valence-electron chi connectivity index (χ4n) is 5.75. The predicted molar refractivity (Wildman–Crippen MR) is 235 cm³/mol. The largest absolute Gasteiger partial charge is 0.494 e. The highest BCUT2D eigenvalue weighted by molar-refractivity contribution is 5.94. The Hall–Kier alpha value is -7.35. The Morgan fingerprint density at radius 1 is 0.613 bits per heavy atom. The minimum absolute atomic E-state index is 0.175. The molecule has 0 saturated heterocycles. The van der Waals surface area contributed by atoms with E-state index in [0.29, 0.717) is 66.0 Å². The Morgan fingerprint density at radius 3 is 1.66 bits per heavy atom. The summed E-state index contributed by atoms with van der Waals surface area (Å²) in [5, 5.41) is 6.06. The zero-order chi connectivity index (χ0) is 43.9. The molecule has 14 heteroatoms. The molecule has 0 N–H and O–H groups in total. The van der Waals surface area contributed by atoms with Crippen LogP contribution in [-0.2, 0) is 19.1 Å². The number of fused-ring (bicyclic) bond motifs is 1. The van der Waals surface area contributed by atoms with Gasteiger partial charge >= 0.3 is 23.9 Å². The number of nitrogens with zero attached hydrogens (tertiary/aromatic N) is 4. The van der Waals surface area contributed by atoms with Crippen molar-refractivity contribution in [2.75, 3.05) is 38.5 Å². The standard InChI is InChI=1S/C48H50N4O10/c1-4-45(53)59-30-14-8-6-12-28-57-38-22-18-35(19-23-38)47(55)61-40-26-27-43(37(32-40)33-50-52(3)44-34-49-41-16-10-11-17-42(41)51-44)62-48(56)36-20-24-39(25-21-36)58-29-13-7-9-15-31-60-46(54)5-2/h4-5,10-11,16-27,32-34H,1-2,6-9,12-15,28-31H2,3H3/b50-33+. The summed E-state index contributed by atoms with van der Waals surface area (Å²) in [6, 6.07) is 25.4. The van der Waals surface area contributed by atoms with E-state index in [1.807, 2.05) is 24.3 Å². The molecule has 0 saturated carbocycles. The van der Waals surface area contributed by atoms with Gasteiger partial charge in [0.05, 0.1) is 61.0 Å². The zero-order valence-corrected chi connectivity index (χ0v) is 34.7. The number of anilines is 1. The number of rotatable bonds is 25. The van der Waals surface area contributed by atoms with Gasteiger partial charge in [-0.1, -0.05) is 25.3 Å². The smallest absolute Gasteiger partial charge is 0.343 e. The van der Waals surface area contributed by atoms with Gasteiger partial charge in [0.25, 0.3) is 0 Å². The van der Waals surface area contributed by atoms with Crippen LogP contribution in [0.15, 0.2) is 128 Å². The number of unbranched alkanes of at least 4 members (excludes halogenated alkanes) is 6. The fourth-order valence-corrected chi connectivity index (χ4v) is 5.75. The van der Waals surface area contributed by atoms with E-state index >= 15 is 0 Å². The number of carbonyl (C=O) groups excluding carboxylic acids is 4. The molecule has 14 nitrogen and oxygen atoms in total. The first-order chi connectivity index (χ1) is 30.2. The first-order valence-corrected chi connectivity index (χ1v) is 20.3. The topological polar surface area (TPSA) is 165 Å². The van der Waals surface area contributed by atoms with Crippen LogP contribution in [0, 0.1) is 0 Å². The van der Waals surface area contributed by atoms with Crippen LogP contribution in [0.4, 0.5) is 5.82 Å². The third kappa shape index (κ3) is 15.0. The lowest BCUT2D eigenvalue weighted by atomic mass is 10.2. The lowest BCUT2D eigenvalue weighted by molar-refractivity contribution is -0.138. The molecular weight excluding hydrogens is 793 g/mol. The van der Waals surface area contributed by atoms with Crippen molar-refractivity contribution in [3.63, 3.8) is 0 Å². The van der Waals surface area contributed by atoms with E-state index in [-0.39, 0.29) is 11.5 Å². The highest BCUT2D eigenvalue weighted by atomic mass is 16.5. The van der Waals surface area contributed by atoms with E-state index in [4.69, 9.17) is 28.4 Å². The van der Waals surface area contributed by atoms with Crippen molar-refractivity contribution in [2.24, 2.45) is 5.10 Å². The second kappa shape index (κ2) is 24.7. The van der Waals surface area contributed by atoms with Crippen LogP contribution in [0.25, 0.3) is 11.0 Å². The number of para-hydroxylation sites is 2. The van der Waals surface area contributed by atoms with Crippen molar-refractivity contribution in [3.05, 3.63) is 139 Å². The van der Waals surface area contributed by atoms with Gasteiger partial charge in [0.1, 0.15) is 23.0 Å². The Kier molecular flexibility index (Phi) is 18.2. The molecule has 62 heavy (non-hydrogen) atoms. The molecule has 0 unspecified atom stereocenters. The number of ether oxygens (including phenoxy) is 6. The molecule has 0 aliphatic heterocycles. The Morgan fingerprint density at radius 2 is 1.11 bits per heavy atom. The molecule has 0 fully saturated rings. The normalized spacial score (nSPS) is 10.8. The van der Waals surface area contributed by atoms with Crippen molar-refractivity contribution in [1.82, 2.24) is 9.97 Å². The molecule has 5 rings (SSSR count). The molecule has 1 aromatic heterocycles. The number of aromatic nitrogens is 2. The molecule has 0 bridgehead atoms. The molecule has 0 aliphatic rings. The SMILES string of the molecule is C=CC(=O)OCCCCCCOc1ccc(C(=O)Oc2ccc(OC(=O)c3ccc(OCCCCCCOC(=O)C=C)cc3)c(/C=N/N(C)c3cnc4ccccc4n3)c2)cc1. The van der Waals surface area contributed by atoms with Crippen LogP contribution in [0.3, 0.4) is 0 Å². The second-order valence-electron chi connectivity index (χ2n) is 13.8. The van der Waals surface area contributed by atoms with E-state index < -0.39 is 23.9 Å². The van der Waals surface area contributed by atoms with E-state index in [1.165, 1.54) is 23.4 Å². The third-order valence-corrected chi connectivity index (χ3v) is 9.15. The second-order valence-corrected chi connectivity index (χ2v) is 13.8. The number of carbonyl (C=O) groups is 4. The first kappa shape index (κ1) is 45.7. The molecule has 4 aromatic carbocycles. The van der Waals surface area contributed by atoms with E-state index in [9.17, 15) is 19.2 Å². The zero-order valence-electron chi connectivity index (χ0n) is 34.7. The predicted octanol–water partition coefficient (Wildman–Crippen LogP) is 8.88. The van der Waals surface area contributed by atoms with Crippen LogP contribution in [0.2, 0.25) is 0 Å². The van der Waals surface area contributed by atoms with Crippen molar-refractivity contribution < 1.29 is 47.6 Å². The van der Waals surface area contributed by atoms with Crippen LogP contribution >= 0.6 is 0 Å². The molecular formula is C48H50N4O10. The summed E-state index contributed by atoms with van der Waals surface area (Å²) in [5.41, 5.74) is 2.40. The first-order valence-electron chi connectivity index (χ1n) is 20.3. The van der Waals surface area contributed by atoms with Gasteiger partial charge < -0.3 is 28.4 Å². The lowest BCUT2D eigenvalue weighted by Crippen LogP contribution is -2.13. The maximum atomic E-state index is 13.4. The monoisotopic (exact) mass is 842 g/mol. The number of hydrogen-bond acceptors (Lipinski definition) is 14. The van der Waals surface area contributed by atoms with Gasteiger partial charge in [0, 0.05) is 24.8 Å². The Balaban J connectivity index is 1.19. The van der Waals surface area contributed by atoms with Crippen LogP contribution in [0.1, 0.15) is 77.6 Å². The Bertz CT molecular complexity index is 2310. The molecule has 0 amide bonds. The van der Waals surface area contributed by atoms with E-state index in [1.54, 1.807) is 67.8 Å². The number of hydrazone groups is 1. The molecule has 1 heterocycles. The minimum atomic E-state index is -0.615. The van der Waals surface area contributed by atoms with Gasteiger partial charge in [-0.25, -0.2) is 29.2 Å². The molecule has 0 radical (unpaired) electrons. The fraction of sp³-hybridized carbons (Fsp3) is 0.271. The van der Waals surface area contributed by atoms with E-state index in [0.717, 1.165) is 69.0 Å². The molecule has 322 valence electrons. The van der Waals surface area contributed by atoms with Crippen molar-refractivity contribution >= 4 is 46.9 Å². The summed E-state index contributed by atoms with van der Waals surface area (Å²) in [7, 11) is 1.71. The summed E-state index contributed by atoms with van der Waals surface area (Å²) in [6.07, 6.45) is 12.2. The van der Waals surface area contributed by atoms with Gasteiger partial charge in [0.2, 0.25) is 0 Å². The molecule has 0 atom stereocenters. The Labute approximate surface area is 360 Å². The van der Waals surface area contributed by atoms with Gasteiger partial charge in [0.15, 0.2) is 5.82 Å². The maximum absolute atomic E-state index is 13.4. The van der Waals surface area contributed by atoms with Crippen LogP contribution in [-0.4, -0.2) is 73.5 Å². The summed E-state index contributed by atoms with van der Waals surface area (Å²) >= 11 is 0. The van der Waals surface area contributed by atoms with Crippen LogP contribution in [0.5, 0.6) is 23.0 Å². The van der Waals surface area contributed by atoms with Crippen LogP contribution < -0.4 is 24.0 Å². The van der Waals surface area contributed by atoms with Gasteiger partial charge in [-0.2, -0.15) is 5.10 Å². The number of hydrogen-bond donors (Lipinski definition) is 0. The molecule has 5 aromatic rings. The summed E-state index contributed by atoms with van der Waals surface area (Å²) in [6.45, 7) is 8.48. The summed E-state index contributed by atoms with van der Waals surface area (Å²) < 4.78 is 33.2. The lowest BCUT2D eigenvalue weighted by Gasteiger charge is -2.13. The van der Waals surface area contributed by atoms with Gasteiger partial charge in [-0.05, 0) is 130 Å². The summed E-state index contributed by atoms with van der Waals surface area (Å²) in [5.74, 6) is 0.0187. The van der Waals surface area contributed by atoms with E-state index in [2.05, 4.69) is 28.2 Å². The summed E-state index contributed by atoms with van der Waals surface area (Å²) in [4.78, 5) is 57.9. The number of esters is 4. The maximum Gasteiger partial charge on any atom is 0.343 e. The van der Waals surface area contributed by atoms with Crippen molar-refractivity contribution in [3.8, 4) is 23.0 Å². The van der Waals surface area contributed by atoms with Gasteiger partial charge in [-0.15, -0.1) is 0 Å². The molecule has 0 aliphatic carbocycles. The highest BCUT2D eigenvalue weighted by Crippen LogP contribution is 2.26. The average Bonchev–Trinajstić information content (AvgIpc) is 3.30. The quantitative estimate of drug-likeness (QED) is 0.0137. The van der Waals surface area contributed by atoms with Gasteiger partial charge in [-0.3, -0.25) is 4.98 Å². The third-order valence-electron chi connectivity index (χ3n) is 9.15. The van der Waals surface area contributed by atoms with Crippen molar-refractivity contribution in [1.29, 1.82) is 0 Å². The highest BCUT2D eigenvalue weighted by Gasteiger charge is 2.16. The number of benzene rings is 4. The average molecular weight is 843 g/mol. The van der Waals surface area contributed by atoms with Crippen molar-refractivity contribution in [2.45, 2.75) is 51.4 Å². The minimum Gasteiger partial charge on any atom is -0.494 e.